The lowest BCUT2D eigenvalue weighted by molar-refractivity contribution is -0.120. The number of fused-ring (bicyclic) bond motifs is 1. The van der Waals surface area contributed by atoms with E-state index >= 15 is 0 Å². The molecule has 5 heteroatoms. The lowest BCUT2D eigenvalue weighted by atomic mass is 10.1. The summed E-state index contributed by atoms with van der Waals surface area (Å²) in [5.74, 6) is 0.0396. The second-order valence-corrected chi connectivity index (χ2v) is 8.20. The molecule has 3 rings (SSSR count). The quantitative estimate of drug-likeness (QED) is 0.673. The number of amides is 1. The van der Waals surface area contributed by atoms with Gasteiger partial charge in [-0.15, -0.1) is 11.3 Å². The second kappa shape index (κ2) is 7.36. The standard InChI is InChI=1S/C19H20N2OS2/c1-12-6-4-8-16-13(2)10-17(21-18(12)16)24-14(3)19(22)20-11-15-7-5-9-23-15/h4-10,14H,11H2,1-3H3,(H,20,22)/t14-/m0/s1. The van der Waals surface area contributed by atoms with Gasteiger partial charge in [0.1, 0.15) is 0 Å². The van der Waals surface area contributed by atoms with E-state index < -0.39 is 0 Å². The van der Waals surface area contributed by atoms with Crippen molar-refractivity contribution < 1.29 is 4.79 Å². The van der Waals surface area contributed by atoms with Crippen molar-refractivity contribution in [2.45, 2.75) is 37.6 Å². The zero-order valence-corrected chi connectivity index (χ0v) is 15.6. The molecule has 0 bridgehead atoms. The number of nitrogens with one attached hydrogen (secondary N) is 1. The second-order valence-electron chi connectivity index (χ2n) is 5.81. The van der Waals surface area contributed by atoms with Crippen molar-refractivity contribution in [3.8, 4) is 0 Å². The number of thioether (sulfide) groups is 1. The normalized spacial score (nSPS) is 12.3. The SMILES string of the molecule is Cc1cc(S[C@@H](C)C(=O)NCc2cccs2)nc2c(C)cccc12. The number of pyridine rings is 1. The summed E-state index contributed by atoms with van der Waals surface area (Å²) in [4.78, 5) is 18.2. The molecule has 1 amide bonds. The molecule has 3 nitrogen and oxygen atoms in total. The predicted molar refractivity (Wildman–Crippen MR) is 103 cm³/mol. The third-order valence-corrected chi connectivity index (χ3v) is 5.80. The summed E-state index contributed by atoms with van der Waals surface area (Å²) in [7, 11) is 0. The van der Waals surface area contributed by atoms with E-state index in [-0.39, 0.29) is 11.2 Å². The number of para-hydroxylation sites is 1. The molecular formula is C19H20N2OS2. The summed E-state index contributed by atoms with van der Waals surface area (Å²) in [5, 5.41) is 6.90. The molecule has 2 aromatic heterocycles. The van der Waals surface area contributed by atoms with E-state index in [0.29, 0.717) is 6.54 Å². The lowest BCUT2D eigenvalue weighted by Gasteiger charge is -2.13. The molecule has 1 N–H and O–H groups in total. The van der Waals surface area contributed by atoms with Gasteiger partial charge in [0, 0.05) is 10.3 Å². The summed E-state index contributed by atoms with van der Waals surface area (Å²) in [6.45, 7) is 6.67. The molecule has 2 heterocycles. The van der Waals surface area contributed by atoms with Crippen molar-refractivity contribution in [2.24, 2.45) is 0 Å². The van der Waals surface area contributed by atoms with Crippen LogP contribution in [0.25, 0.3) is 10.9 Å². The Morgan fingerprint density at radius 2 is 2.08 bits per heavy atom. The molecule has 0 unspecified atom stereocenters. The van der Waals surface area contributed by atoms with Crippen molar-refractivity contribution in [2.75, 3.05) is 0 Å². The highest BCUT2D eigenvalue weighted by Gasteiger charge is 2.16. The lowest BCUT2D eigenvalue weighted by Crippen LogP contribution is -2.30. The Morgan fingerprint density at radius 3 is 2.83 bits per heavy atom. The minimum absolute atomic E-state index is 0.0396. The smallest absolute Gasteiger partial charge is 0.233 e. The summed E-state index contributed by atoms with van der Waals surface area (Å²) in [5.41, 5.74) is 3.37. The van der Waals surface area contributed by atoms with Crippen LogP contribution in [0.1, 0.15) is 22.9 Å². The van der Waals surface area contributed by atoms with E-state index in [1.807, 2.05) is 24.4 Å². The van der Waals surface area contributed by atoms with Gasteiger partial charge >= 0.3 is 0 Å². The van der Waals surface area contributed by atoms with Gasteiger partial charge in [0.25, 0.3) is 0 Å². The van der Waals surface area contributed by atoms with Crippen molar-refractivity contribution in [3.63, 3.8) is 0 Å². The largest absolute Gasteiger partial charge is 0.350 e. The number of thiophene rings is 1. The first-order valence-corrected chi connectivity index (χ1v) is 9.64. The van der Waals surface area contributed by atoms with Gasteiger partial charge in [0.2, 0.25) is 5.91 Å². The fourth-order valence-electron chi connectivity index (χ4n) is 2.56. The maximum atomic E-state index is 12.3. The number of benzene rings is 1. The summed E-state index contributed by atoms with van der Waals surface area (Å²) >= 11 is 3.16. The predicted octanol–water partition coefficient (Wildman–Crippen LogP) is 4.71. The number of hydrogen-bond acceptors (Lipinski definition) is 4. The molecule has 0 saturated heterocycles. The van der Waals surface area contributed by atoms with Crippen molar-refractivity contribution in [1.82, 2.24) is 10.3 Å². The summed E-state index contributed by atoms with van der Waals surface area (Å²) in [6, 6.07) is 12.3. The van der Waals surface area contributed by atoms with Crippen LogP contribution in [0, 0.1) is 13.8 Å². The number of rotatable bonds is 5. The number of carbonyl (C=O) groups excluding carboxylic acids is 1. The van der Waals surface area contributed by atoms with Crippen LogP contribution in [0.4, 0.5) is 0 Å². The van der Waals surface area contributed by atoms with Gasteiger partial charge in [-0.1, -0.05) is 36.0 Å². The molecule has 0 radical (unpaired) electrons. The number of nitrogens with zero attached hydrogens (tertiary/aromatic N) is 1. The first kappa shape index (κ1) is 17.0. The molecule has 0 saturated carbocycles. The maximum absolute atomic E-state index is 12.3. The minimum atomic E-state index is -0.182. The highest BCUT2D eigenvalue weighted by Crippen LogP contribution is 2.28. The van der Waals surface area contributed by atoms with Gasteiger partial charge in [0.15, 0.2) is 0 Å². The minimum Gasteiger partial charge on any atom is -0.350 e. The van der Waals surface area contributed by atoms with Gasteiger partial charge in [-0.25, -0.2) is 4.98 Å². The van der Waals surface area contributed by atoms with E-state index in [2.05, 4.69) is 43.4 Å². The van der Waals surface area contributed by atoms with Crippen molar-refractivity contribution in [3.05, 3.63) is 57.8 Å². The molecule has 0 fully saturated rings. The van der Waals surface area contributed by atoms with Crippen LogP contribution in [-0.2, 0) is 11.3 Å². The Kier molecular flexibility index (Phi) is 5.21. The first-order valence-electron chi connectivity index (χ1n) is 7.88. The van der Waals surface area contributed by atoms with Gasteiger partial charge in [-0.3, -0.25) is 4.79 Å². The highest BCUT2D eigenvalue weighted by atomic mass is 32.2. The third-order valence-electron chi connectivity index (χ3n) is 3.91. The fraction of sp³-hybridized carbons (Fsp3) is 0.263. The molecule has 0 aliphatic rings. The Bertz CT molecular complexity index is 859. The zero-order chi connectivity index (χ0) is 17.1. The fourth-order valence-corrected chi connectivity index (χ4v) is 4.14. The average Bonchev–Trinajstić information content (AvgIpc) is 3.07. The van der Waals surface area contributed by atoms with Gasteiger partial charge in [0.05, 0.1) is 22.3 Å². The maximum Gasteiger partial charge on any atom is 0.233 e. The zero-order valence-electron chi connectivity index (χ0n) is 14.0. The molecule has 0 aliphatic carbocycles. The Morgan fingerprint density at radius 1 is 1.25 bits per heavy atom. The number of aryl methyl sites for hydroxylation is 2. The van der Waals surface area contributed by atoms with Crippen LogP contribution in [-0.4, -0.2) is 16.1 Å². The molecule has 3 aromatic rings. The number of aromatic nitrogens is 1. The van der Waals surface area contributed by atoms with Gasteiger partial charge in [-0.2, -0.15) is 0 Å². The number of hydrogen-bond donors (Lipinski definition) is 1. The molecule has 1 aromatic carbocycles. The highest BCUT2D eigenvalue weighted by molar-refractivity contribution is 8.00. The van der Waals surface area contributed by atoms with E-state index in [1.165, 1.54) is 22.7 Å². The van der Waals surface area contributed by atoms with Gasteiger partial charge < -0.3 is 5.32 Å². The Hall–Kier alpha value is -1.85. The van der Waals surface area contributed by atoms with Crippen LogP contribution in [0.3, 0.4) is 0 Å². The molecule has 1 atom stereocenters. The van der Waals surface area contributed by atoms with Crippen LogP contribution in [0.15, 0.2) is 46.8 Å². The summed E-state index contributed by atoms with van der Waals surface area (Å²) < 4.78 is 0. The van der Waals surface area contributed by atoms with Crippen molar-refractivity contribution >= 4 is 39.9 Å². The molecule has 124 valence electrons. The monoisotopic (exact) mass is 356 g/mol. The van der Waals surface area contributed by atoms with Crippen LogP contribution >= 0.6 is 23.1 Å². The van der Waals surface area contributed by atoms with Crippen LogP contribution in [0.5, 0.6) is 0 Å². The average molecular weight is 357 g/mol. The molecular weight excluding hydrogens is 336 g/mol. The number of carbonyl (C=O) groups is 1. The Balaban J connectivity index is 1.71. The van der Waals surface area contributed by atoms with E-state index in [9.17, 15) is 4.79 Å². The summed E-state index contributed by atoms with van der Waals surface area (Å²) in [6.07, 6.45) is 0. The van der Waals surface area contributed by atoms with E-state index in [0.717, 1.165) is 21.0 Å². The van der Waals surface area contributed by atoms with E-state index in [1.54, 1.807) is 11.3 Å². The molecule has 24 heavy (non-hydrogen) atoms. The first-order chi connectivity index (χ1) is 11.5. The topological polar surface area (TPSA) is 42.0 Å². The van der Waals surface area contributed by atoms with Crippen LogP contribution < -0.4 is 5.32 Å². The van der Waals surface area contributed by atoms with E-state index in [4.69, 9.17) is 4.98 Å². The molecule has 0 spiro atoms. The van der Waals surface area contributed by atoms with Crippen LogP contribution in [0.2, 0.25) is 0 Å². The van der Waals surface area contributed by atoms with Gasteiger partial charge in [-0.05, 0) is 49.4 Å². The molecule has 0 aliphatic heterocycles. The Labute approximate surface area is 150 Å². The third kappa shape index (κ3) is 3.79. The van der Waals surface area contributed by atoms with Crippen molar-refractivity contribution in [1.29, 1.82) is 0 Å².